The Bertz CT molecular complexity index is 428. The predicted octanol–water partition coefficient (Wildman–Crippen LogP) is 3.43. The molecule has 2 nitrogen and oxygen atoms in total. The monoisotopic (exact) mass is 282 g/mol. The van der Waals surface area contributed by atoms with E-state index in [0.29, 0.717) is 12.3 Å². The van der Waals surface area contributed by atoms with E-state index in [1.54, 1.807) is 0 Å². The van der Waals surface area contributed by atoms with Crippen LogP contribution in [0.4, 0.5) is 0 Å². The van der Waals surface area contributed by atoms with Crippen LogP contribution in [0.3, 0.4) is 0 Å². The van der Waals surface area contributed by atoms with E-state index in [1.165, 1.54) is 12.8 Å². The molecule has 1 fully saturated rings. The molecule has 0 bridgehead atoms. The summed E-state index contributed by atoms with van der Waals surface area (Å²) < 4.78 is 7.08. The third kappa shape index (κ3) is 1.66. The topological polar surface area (TPSA) is 29.5 Å². The molecule has 1 aliphatic carbocycles. The van der Waals surface area contributed by atoms with Gasteiger partial charge in [-0.1, -0.05) is 15.9 Å². The number of aliphatic hydroxyl groups excluding tert-OH is 1. The van der Waals surface area contributed by atoms with Gasteiger partial charge in [0.2, 0.25) is 0 Å². The lowest BCUT2D eigenvalue weighted by atomic mass is 9.87. The van der Waals surface area contributed by atoms with Crippen molar-refractivity contribution >= 4 is 15.9 Å². The van der Waals surface area contributed by atoms with Gasteiger partial charge in [0.1, 0.15) is 11.4 Å². The molecule has 1 heterocycles. The van der Waals surface area contributed by atoms with Gasteiger partial charge in [0, 0.05) is 16.5 Å². The molecule has 1 unspecified atom stereocenters. The molecule has 3 heteroatoms. The maximum Gasteiger partial charge on any atom is 0.126 e. The standard InChI is InChI=1S/C13H15BrO2/c1-13(8-2-3-8)7-11(15)10-6-9(14)4-5-12(10)16-13/h4-6,8,11,15H,2-3,7H2,1H3/t11-,13?/m0/s1. The maximum atomic E-state index is 10.2. The summed E-state index contributed by atoms with van der Waals surface area (Å²) >= 11 is 3.42. The van der Waals surface area contributed by atoms with Gasteiger partial charge < -0.3 is 9.84 Å². The van der Waals surface area contributed by atoms with E-state index in [-0.39, 0.29) is 5.60 Å². The van der Waals surface area contributed by atoms with Crippen molar-refractivity contribution in [2.45, 2.75) is 37.9 Å². The second kappa shape index (κ2) is 3.47. The third-order valence-corrected chi connectivity index (χ3v) is 4.21. The summed E-state index contributed by atoms with van der Waals surface area (Å²) in [6, 6.07) is 5.86. The Labute approximate surface area is 104 Å². The first-order chi connectivity index (χ1) is 7.58. The Morgan fingerprint density at radius 3 is 2.88 bits per heavy atom. The van der Waals surface area contributed by atoms with Crippen LogP contribution in [-0.4, -0.2) is 10.7 Å². The summed E-state index contributed by atoms with van der Waals surface area (Å²) in [6.07, 6.45) is 2.78. The van der Waals surface area contributed by atoms with Crippen LogP contribution in [0.1, 0.15) is 37.9 Å². The molecule has 0 aromatic heterocycles. The summed E-state index contributed by atoms with van der Waals surface area (Å²) in [5.41, 5.74) is 0.743. The molecule has 16 heavy (non-hydrogen) atoms. The van der Waals surface area contributed by atoms with Crippen molar-refractivity contribution < 1.29 is 9.84 Å². The van der Waals surface area contributed by atoms with Crippen LogP contribution in [0.5, 0.6) is 5.75 Å². The fraction of sp³-hybridized carbons (Fsp3) is 0.538. The molecular formula is C13H15BrO2. The van der Waals surface area contributed by atoms with Gasteiger partial charge >= 0.3 is 0 Å². The van der Waals surface area contributed by atoms with Gasteiger partial charge in [-0.2, -0.15) is 0 Å². The molecule has 0 spiro atoms. The van der Waals surface area contributed by atoms with Crippen LogP contribution in [0, 0.1) is 5.92 Å². The van der Waals surface area contributed by atoms with Crippen molar-refractivity contribution in [3.8, 4) is 5.75 Å². The summed E-state index contributed by atoms with van der Waals surface area (Å²) in [5, 5.41) is 10.2. The number of aliphatic hydroxyl groups is 1. The average Bonchev–Trinajstić information content (AvgIpc) is 3.03. The number of halogens is 1. The van der Waals surface area contributed by atoms with Crippen molar-refractivity contribution in [2.75, 3.05) is 0 Å². The quantitative estimate of drug-likeness (QED) is 0.855. The normalized spacial score (nSPS) is 33.1. The smallest absolute Gasteiger partial charge is 0.126 e. The molecule has 1 aromatic carbocycles. The Kier molecular flexibility index (Phi) is 2.30. The molecule has 3 rings (SSSR count). The number of hydrogen-bond acceptors (Lipinski definition) is 2. The molecule has 0 radical (unpaired) electrons. The van der Waals surface area contributed by atoms with E-state index >= 15 is 0 Å². The van der Waals surface area contributed by atoms with Crippen LogP contribution >= 0.6 is 15.9 Å². The highest BCUT2D eigenvalue weighted by atomic mass is 79.9. The molecule has 2 atom stereocenters. The molecule has 86 valence electrons. The number of benzene rings is 1. The van der Waals surface area contributed by atoms with Gasteiger partial charge in [0.25, 0.3) is 0 Å². The van der Waals surface area contributed by atoms with Crippen LogP contribution in [0.25, 0.3) is 0 Å². The van der Waals surface area contributed by atoms with Crippen molar-refractivity contribution in [3.63, 3.8) is 0 Å². The molecule has 1 aromatic rings. The van der Waals surface area contributed by atoms with E-state index in [0.717, 1.165) is 15.8 Å². The Balaban J connectivity index is 1.99. The summed E-state index contributed by atoms with van der Waals surface area (Å²) in [7, 11) is 0. The zero-order chi connectivity index (χ0) is 11.3. The van der Waals surface area contributed by atoms with E-state index in [9.17, 15) is 5.11 Å². The minimum absolute atomic E-state index is 0.166. The van der Waals surface area contributed by atoms with Crippen LogP contribution < -0.4 is 4.74 Å². The largest absolute Gasteiger partial charge is 0.487 e. The van der Waals surface area contributed by atoms with Crippen LogP contribution in [0.15, 0.2) is 22.7 Å². The van der Waals surface area contributed by atoms with Crippen molar-refractivity contribution in [2.24, 2.45) is 5.92 Å². The maximum absolute atomic E-state index is 10.2. The number of fused-ring (bicyclic) bond motifs is 1. The Morgan fingerprint density at radius 1 is 1.44 bits per heavy atom. The highest BCUT2D eigenvalue weighted by molar-refractivity contribution is 9.10. The SMILES string of the molecule is CC1(C2CC2)C[C@H](O)c2cc(Br)ccc2O1. The molecule has 0 saturated heterocycles. The molecule has 2 aliphatic rings. The second-order valence-electron chi connectivity index (χ2n) is 5.09. The van der Waals surface area contributed by atoms with E-state index < -0.39 is 6.10 Å². The first kappa shape index (κ1) is 10.6. The molecule has 1 aliphatic heterocycles. The first-order valence-corrected chi connectivity index (χ1v) is 6.54. The molecule has 0 amide bonds. The highest BCUT2D eigenvalue weighted by Crippen LogP contribution is 2.50. The van der Waals surface area contributed by atoms with Gasteiger partial charge in [-0.05, 0) is 43.9 Å². The fourth-order valence-electron chi connectivity index (χ4n) is 2.60. The van der Waals surface area contributed by atoms with E-state index in [2.05, 4.69) is 22.9 Å². The van der Waals surface area contributed by atoms with Gasteiger partial charge in [0.15, 0.2) is 0 Å². The zero-order valence-corrected chi connectivity index (χ0v) is 10.8. The number of rotatable bonds is 1. The van der Waals surface area contributed by atoms with Crippen molar-refractivity contribution in [1.29, 1.82) is 0 Å². The van der Waals surface area contributed by atoms with Gasteiger partial charge in [-0.15, -0.1) is 0 Å². The Hall–Kier alpha value is -0.540. The lowest BCUT2D eigenvalue weighted by molar-refractivity contribution is -0.0166. The summed E-state index contributed by atoms with van der Waals surface area (Å²) in [4.78, 5) is 0. The third-order valence-electron chi connectivity index (χ3n) is 3.71. The van der Waals surface area contributed by atoms with Crippen molar-refractivity contribution in [1.82, 2.24) is 0 Å². The van der Waals surface area contributed by atoms with Crippen LogP contribution in [-0.2, 0) is 0 Å². The minimum atomic E-state index is -0.396. The molecule has 1 N–H and O–H groups in total. The average molecular weight is 283 g/mol. The number of ether oxygens (including phenoxy) is 1. The molecule has 1 saturated carbocycles. The predicted molar refractivity (Wildman–Crippen MR) is 65.5 cm³/mol. The van der Waals surface area contributed by atoms with Crippen molar-refractivity contribution in [3.05, 3.63) is 28.2 Å². The van der Waals surface area contributed by atoms with Gasteiger partial charge in [-0.3, -0.25) is 0 Å². The van der Waals surface area contributed by atoms with Crippen LogP contribution in [0.2, 0.25) is 0 Å². The molecular weight excluding hydrogens is 268 g/mol. The minimum Gasteiger partial charge on any atom is -0.487 e. The highest BCUT2D eigenvalue weighted by Gasteiger charge is 2.47. The second-order valence-corrected chi connectivity index (χ2v) is 6.01. The van der Waals surface area contributed by atoms with E-state index in [1.807, 2.05) is 18.2 Å². The Morgan fingerprint density at radius 2 is 2.19 bits per heavy atom. The first-order valence-electron chi connectivity index (χ1n) is 5.75. The van der Waals surface area contributed by atoms with Gasteiger partial charge in [-0.25, -0.2) is 0 Å². The fourth-order valence-corrected chi connectivity index (χ4v) is 2.98. The summed E-state index contributed by atoms with van der Waals surface area (Å²) in [5.74, 6) is 1.47. The van der Waals surface area contributed by atoms with Gasteiger partial charge in [0.05, 0.1) is 6.10 Å². The summed E-state index contributed by atoms with van der Waals surface area (Å²) in [6.45, 7) is 2.12. The lowest BCUT2D eigenvalue weighted by Crippen LogP contribution is -2.40. The number of hydrogen-bond donors (Lipinski definition) is 1. The van der Waals surface area contributed by atoms with E-state index in [4.69, 9.17) is 4.74 Å². The lowest BCUT2D eigenvalue weighted by Gasteiger charge is -2.38. The zero-order valence-electron chi connectivity index (χ0n) is 9.24.